The third-order valence-electron chi connectivity index (χ3n) is 10.8. The Morgan fingerprint density at radius 2 is 0.887 bits per heavy atom. The molecule has 0 spiro atoms. The van der Waals surface area contributed by atoms with Crippen molar-refractivity contribution in [2.45, 2.75) is 38.9 Å². The van der Waals surface area contributed by atoms with Crippen LogP contribution in [-0.4, -0.2) is 33.3 Å². The monoisotopic (exact) mass is 687 g/mol. The highest BCUT2D eigenvalue weighted by molar-refractivity contribution is 6.62. The largest absolute Gasteiger partial charge is 0.494 e. The summed E-state index contributed by atoms with van der Waals surface area (Å²) in [5, 5.41) is 4.79. The van der Waals surface area contributed by atoms with Crippen molar-refractivity contribution in [2.75, 3.05) is 0 Å². The van der Waals surface area contributed by atoms with Crippen molar-refractivity contribution < 1.29 is 9.31 Å². The normalized spacial score (nSPS) is 14.9. The van der Waals surface area contributed by atoms with E-state index in [0.717, 1.165) is 44.4 Å². The van der Waals surface area contributed by atoms with Crippen LogP contribution < -0.4 is 5.46 Å². The maximum absolute atomic E-state index is 6.60. The molecular weight excluding hydrogens is 649 g/mol. The molecule has 0 saturated carbocycles. The highest BCUT2D eigenvalue weighted by Gasteiger charge is 2.51. The highest BCUT2D eigenvalue weighted by Crippen LogP contribution is 2.43. The number of aromatic nitrogens is 3. The lowest BCUT2D eigenvalue weighted by Gasteiger charge is -2.32. The summed E-state index contributed by atoms with van der Waals surface area (Å²) in [7, 11) is -0.514. The van der Waals surface area contributed by atoms with Crippen molar-refractivity contribution in [1.82, 2.24) is 15.0 Å². The molecule has 0 radical (unpaired) electrons. The molecule has 1 fully saturated rings. The summed E-state index contributed by atoms with van der Waals surface area (Å²) in [5.41, 5.74) is 7.10. The van der Waals surface area contributed by atoms with Crippen molar-refractivity contribution in [3.8, 4) is 56.4 Å². The fourth-order valence-corrected chi connectivity index (χ4v) is 7.26. The molecular formula is C47H38BN3O2. The molecule has 1 aromatic heterocycles. The number of hydrogen-bond donors (Lipinski definition) is 0. The molecule has 6 heteroatoms. The standard InChI is InChI=1S/C47H38BN3O2/c1-46(2)47(3,4)53-48(52-46)34-27-28-39(42(30-34)41-29-33-21-11-12-22-35(33)36-23-13-14-25-38(36)41)37-24-15-16-26-40(37)45-50-43(31-17-7-5-8-18-31)49-44(51-45)32-19-9-6-10-20-32/h5-30H,1-4H3. The van der Waals surface area contributed by atoms with Gasteiger partial charge in [-0.1, -0.05) is 152 Å². The third-order valence-corrected chi connectivity index (χ3v) is 10.8. The minimum Gasteiger partial charge on any atom is -0.399 e. The molecule has 0 aliphatic carbocycles. The van der Waals surface area contributed by atoms with Gasteiger partial charge in [-0.3, -0.25) is 0 Å². The van der Waals surface area contributed by atoms with Crippen LogP contribution in [0.3, 0.4) is 0 Å². The molecule has 0 atom stereocenters. The Balaban J connectivity index is 1.30. The molecule has 9 rings (SSSR count). The zero-order valence-electron chi connectivity index (χ0n) is 30.2. The first-order valence-electron chi connectivity index (χ1n) is 18.1. The summed E-state index contributed by atoms with van der Waals surface area (Å²) in [6, 6.07) is 54.8. The van der Waals surface area contributed by atoms with Crippen molar-refractivity contribution in [3.05, 3.63) is 158 Å². The van der Waals surface area contributed by atoms with Crippen LogP contribution >= 0.6 is 0 Å². The van der Waals surface area contributed by atoms with Crippen molar-refractivity contribution in [3.63, 3.8) is 0 Å². The van der Waals surface area contributed by atoms with Gasteiger partial charge in [0.15, 0.2) is 17.5 Å². The molecule has 53 heavy (non-hydrogen) atoms. The van der Waals surface area contributed by atoms with Gasteiger partial charge in [0.1, 0.15) is 0 Å². The van der Waals surface area contributed by atoms with Gasteiger partial charge < -0.3 is 9.31 Å². The molecule has 8 aromatic rings. The molecule has 0 amide bonds. The third kappa shape index (κ3) is 5.90. The van der Waals surface area contributed by atoms with Gasteiger partial charge in [-0.05, 0) is 83.0 Å². The second-order valence-corrected chi connectivity index (χ2v) is 14.7. The lowest BCUT2D eigenvalue weighted by molar-refractivity contribution is 0.00578. The van der Waals surface area contributed by atoms with Crippen LogP contribution in [0, 0.1) is 0 Å². The van der Waals surface area contributed by atoms with E-state index in [-0.39, 0.29) is 0 Å². The van der Waals surface area contributed by atoms with Gasteiger partial charge in [0, 0.05) is 16.7 Å². The number of nitrogens with zero attached hydrogens (tertiary/aromatic N) is 3. The van der Waals surface area contributed by atoms with Crippen LogP contribution in [0.2, 0.25) is 0 Å². The Morgan fingerprint density at radius 1 is 0.396 bits per heavy atom. The molecule has 0 bridgehead atoms. The summed E-state index contributed by atoms with van der Waals surface area (Å²) in [5.74, 6) is 1.86. The molecule has 1 saturated heterocycles. The second-order valence-electron chi connectivity index (χ2n) is 14.7. The molecule has 0 unspecified atom stereocenters. The Labute approximate surface area is 310 Å². The predicted molar refractivity (Wildman–Crippen MR) is 218 cm³/mol. The average molecular weight is 688 g/mol. The molecule has 2 heterocycles. The Kier molecular flexibility index (Phi) is 8.03. The van der Waals surface area contributed by atoms with Crippen molar-refractivity contribution >= 4 is 34.1 Å². The van der Waals surface area contributed by atoms with Gasteiger partial charge in [-0.2, -0.15) is 0 Å². The second kappa shape index (κ2) is 12.9. The van der Waals surface area contributed by atoms with Crippen LogP contribution in [0.1, 0.15) is 27.7 Å². The van der Waals surface area contributed by atoms with Crippen LogP contribution in [0.25, 0.3) is 78.0 Å². The SMILES string of the molecule is CC1(C)OB(c2ccc(-c3ccccc3-c3nc(-c4ccccc4)nc(-c4ccccc4)n3)c(-c3cc4ccccc4c4ccccc34)c2)OC1(C)C. The van der Waals surface area contributed by atoms with Gasteiger partial charge in [0.2, 0.25) is 0 Å². The van der Waals surface area contributed by atoms with E-state index in [2.05, 4.69) is 125 Å². The van der Waals surface area contributed by atoms with E-state index in [1.54, 1.807) is 0 Å². The maximum Gasteiger partial charge on any atom is 0.494 e. The van der Waals surface area contributed by atoms with E-state index < -0.39 is 18.3 Å². The summed E-state index contributed by atoms with van der Waals surface area (Å²) in [6.07, 6.45) is 0. The zero-order valence-corrected chi connectivity index (χ0v) is 30.2. The van der Waals surface area contributed by atoms with E-state index in [9.17, 15) is 0 Å². The maximum atomic E-state index is 6.60. The smallest absolute Gasteiger partial charge is 0.399 e. The number of hydrogen-bond acceptors (Lipinski definition) is 5. The van der Waals surface area contributed by atoms with Crippen LogP contribution in [-0.2, 0) is 9.31 Å². The molecule has 0 N–H and O–H groups in total. The van der Waals surface area contributed by atoms with Gasteiger partial charge in [-0.15, -0.1) is 0 Å². The fourth-order valence-electron chi connectivity index (χ4n) is 7.26. The molecule has 5 nitrogen and oxygen atoms in total. The zero-order chi connectivity index (χ0) is 36.2. The quantitative estimate of drug-likeness (QED) is 0.129. The first kappa shape index (κ1) is 32.9. The molecule has 1 aliphatic rings. The average Bonchev–Trinajstić information content (AvgIpc) is 3.43. The summed E-state index contributed by atoms with van der Waals surface area (Å²) >= 11 is 0. The topological polar surface area (TPSA) is 57.1 Å². The first-order chi connectivity index (χ1) is 25.8. The summed E-state index contributed by atoms with van der Waals surface area (Å²) in [6.45, 7) is 8.38. The Morgan fingerprint density at radius 3 is 1.53 bits per heavy atom. The Bertz CT molecular complexity index is 2570. The summed E-state index contributed by atoms with van der Waals surface area (Å²) in [4.78, 5) is 15.2. The summed E-state index contributed by atoms with van der Waals surface area (Å²) < 4.78 is 13.2. The van der Waals surface area contributed by atoms with Gasteiger partial charge in [0.25, 0.3) is 0 Å². The van der Waals surface area contributed by atoms with E-state index in [0.29, 0.717) is 17.5 Å². The van der Waals surface area contributed by atoms with E-state index in [1.165, 1.54) is 21.5 Å². The number of benzene rings is 7. The Hall–Kier alpha value is -5.95. The highest BCUT2D eigenvalue weighted by atomic mass is 16.7. The lowest BCUT2D eigenvalue weighted by atomic mass is 9.75. The van der Waals surface area contributed by atoms with Gasteiger partial charge in [0.05, 0.1) is 11.2 Å². The van der Waals surface area contributed by atoms with E-state index >= 15 is 0 Å². The number of fused-ring (bicyclic) bond motifs is 3. The predicted octanol–water partition coefficient (Wildman–Crippen LogP) is 10.8. The van der Waals surface area contributed by atoms with E-state index in [1.807, 2.05) is 60.7 Å². The number of rotatable bonds is 6. The lowest BCUT2D eigenvalue weighted by Crippen LogP contribution is -2.41. The van der Waals surface area contributed by atoms with E-state index in [4.69, 9.17) is 24.3 Å². The minimum absolute atomic E-state index is 0.468. The van der Waals surface area contributed by atoms with Crippen molar-refractivity contribution in [2.24, 2.45) is 0 Å². The molecule has 256 valence electrons. The van der Waals surface area contributed by atoms with Crippen molar-refractivity contribution in [1.29, 1.82) is 0 Å². The molecule has 1 aliphatic heterocycles. The first-order valence-corrected chi connectivity index (χ1v) is 18.1. The van der Waals surface area contributed by atoms with Crippen LogP contribution in [0.4, 0.5) is 0 Å². The van der Waals surface area contributed by atoms with Crippen LogP contribution in [0.5, 0.6) is 0 Å². The minimum atomic E-state index is -0.514. The van der Waals surface area contributed by atoms with Gasteiger partial charge >= 0.3 is 7.12 Å². The fraction of sp³-hybridized carbons (Fsp3) is 0.128. The van der Waals surface area contributed by atoms with Gasteiger partial charge in [-0.25, -0.2) is 15.0 Å². The van der Waals surface area contributed by atoms with Crippen LogP contribution in [0.15, 0.2) is 158 Å². The molecule has 7 aromatic carbocycles.